The molecule has 0 spiro atoms. The van der Waals surface area contributed by atoms with Gasteiger partial charge < -0.3 is 5.11 Å². The number of fused-ring (bicyclic) bond motifs is 1. The number of hydrogen-bond donors (Lipinski definition) is 1. The molecular weight excluding hydrogens is 190 g/mol. The van der Waals surface area contributed by atoms with Crippen LogP contribution in [-0.4, -0.2) is 16.1 Å². The first-order valence-electron chi connectivity index (χ1n) is 5.37. The van der Waals surface area contributed by atoms with Gasteiger partial charge in [0.1, 0.15) is 0 Å². The van der Waals surface area contributed by atoms with Gasteiger partial charge in [0, 0.05) is 11.6 Å². The summed E-state index contributed by atoms with van der Waals surface area (Å²) in [5, 5.41) is 8.98. The molecule has 1 atom stereocenters. The molecule has 3 heteroatoms. The van der Waals surface area contributed by atoms with Crippen LogP contribution in [0.4, 0.5) is 0 Å². The molecule has 1 aliphatic carbocycles. The molecule has 2 rings (SSSR count). The second-order valence-electron chi connectivity index (χ2n) is 4.11. The molecule has 0 bridgehead atoms. The monoisotopic (exact) mass is 205 g/mol. The predicted octanol–water partition coefficient (Wildman–Crippen LogP) is 2.53. The Balaban J connectivity index is 2.49. The van der Waals surface area contributed by atoms with Gasteiger partial charge in [0.2, 0.25) is 0 Å². The molecule has 1 aliphatic rings. The Morgan fingerprint density at radius 1 is 1.67 bits per heavy atom. The largest absolute Gasteiger partial charge is 0.478 e. The number of rotatable bonds is 2. The molecule has 1 aromatic heterocycles. The number of nitrogens with zero attached hydrogens (tertiary/aromatic N) is 1. The van der Waals surface area contributed by atoms with Crippen LogP contribution < -0.4 is 0 Å². The number of pyridine rings is 1. The van der Waals surface area contributed by atoms with E-state index in [4.69, 9.17) is 5.11 Å². The van der Waals surface area contributed by atoms with E-state index in [1.54, 1.807) is 13.0 Å². The highest BCUT2D eigenvalue weighted by molar-refractivity contribution is 5.89. The fraction of sp³-hybridized carbons (Fsp3) is 0.500. The van der Waals surface area contributed by atoms with Crippen LogP contribution in [0.25, 0.3) is 0 Å². The maximum atomic E-state index is 10.9. The highest BCUT2D eigenvalue weighted by Crippen LogP contribution is 2.34. The van der Waals surface area contributed by atoms with Crippen molar-refractivity contribution in [3.63, 3.8) is 0 Å². The zero-order chi connectivity index (χ0) is 11.0. The summed E-state index contributed by atoms with van der Waals surface area (Å²) in [6, 6.07) is 1.80. The Bertz CT molecular complexity index is 412. The maximum Gasteiger partial charge on any atom is 0.337 e. The number of aromatic nitrogens is 1. The lowest BCUT2D eigenvalue weighted by atomic mass is 10.0. The minimum atomic E-state index is -0.872. The van der Waals surface area contributed by atoms with Crippen LogP contribution in [0.2, 0.25) is 0 Å². The molecule has 0 saturated carbocycles. The summed E-state index contributed by atoms with van der Waals surface area (Å²) < 4.78 is 0. The first kappa shape index (κ1) is 10.1. The molecule has 0 radical (unpaired) electrons. The lowest BCUT2D eigenvalue weighted by molar-refractivity contribution is 0.0695. The Kier molecular flexibility index (Phi) is 2.47. The van der Waals surface area contributed by atoms with E-state index in [-0.39, 0.29) is 0 Å². The van der Waals surface area contributed by atoms with Crippen LogP contribution in [0.15, 0.2) is 6.07 Å². The minimum Gasteiger partial charge on any atom is -0.478 e. The van der Waals surface area contributed by atoms with Crippen molar-refractivity contribution in [2.45, 2.75) is 39.0 Å². The van der Waals surface area contributed by atoms with E-state index in [0.29, 0.717) is 17.2 Å². The van der Waals surface area contributed by atoms with Gasteiger partial charge in [-0.1, -0.05) is 6.92 Å². The van der Waals surface area contributed by atoms with Gasteiger partial charge in [-0.15, -0.1) is 0 Å². The maximum absolute atomic E-state index is 10.9. The fourth-order valence-corrected chi connectivity index (χ4v) is 2.30. The van der Waals surface area contributed by atoms with Crippen molar-refractivity contribution in [2.24, 2.45) is 0 Å². The van der Waals surface area contributed by atoms with Gasteiger partial charge in [-0.25, -0.2) is 4.79 Å². The van der Waals surface area contributed by atoms with Crippen molar-refractivity contribution in [1.82, 2.24) is 4.98 Å². The number of carboxylic acids is 1. The van der Waals surface area contributed by atoms with E-state index < -0.39 is 5.97 Å². The summed E-state index contributed by atoms with van der Waals surface area (Å²) in [6.07, 6.45) is 3.18. The molecule has 80 valence electrons. The third kappa shape index (κ3) is 1.62. The van der Waals surface area contributed by atoms with E-state index in [0.717, 1.165) is 30.5 Å². The van der Waals surface area contributed by atoms with Crippen LogP contribution in [0.3, 0.4) is 0 Å². The van der Waals surface area contributed by atoms with Crippen LogP contribution in [0, 0.1) is 6.92 Å². The SMILES string of the molecule is CCC1CCc2cc(C(=O)O)c(C)nc21. The van der Waals surface area contributed by atoms with E-state index in [1.165, 1.54) is 0 Å². The van der Waals surface area contributed by atoms with Crippen LogP contribution in [0.1, 0.15) is 53.0 Å². The van der Waals surface area contributed by atoms with Crippen molar-refractivity contribution in [3.05, 3.63) is 28.6 Å². The first-order chi connectivity index (χ1) is 7.13. The second kappa shape index (κ2) is 3.65. The van der Waals surface area contributed by atoms with Gasteiger partial charge in [0.25, 0.3) is 0 Å². The fourth-order valence-electron chi connectivity index (χ4n) is 2.30. The van der Waals surface area contributed by atoms with E-state index in [2.05, 4.69) is 11.9 Å². The smallest absolute Gasteiger partial charge is 0.337 e. The lowest BCUT2D eigenvalue weighted by Crippen LogP contribution is -2.05. The number of aryl methyl sites for hydroxylation is 2. The summed E-state index contributed by atoms with van der Waals surface area (Å²) >= 11 is 0. The third-order valence-corrected chi connectivity index (χ3v) is 3.20. The van der Waals surface area contributed by atoms with E-state index in [1.807, 2.05) is 0 Å². The molecule has 0 saturated heterocycles. The average Bonchev–Trinajstić information content (AvgIpc) is 2.58. The van der Waals surface area contributed by atoms with Gasteiger partial charge in [0.15, 0.2) is 0 Å². The minimum absolute atomic E-state index is 0.352. The van der Waals surface area contributed by atoms with Gasteiger partial charge in [0.05, 0.1) is 11.3 Å². The first-order valence-corrected chi connectivity index (χ1v) is 5.37. The third-order valence-electron chi connectivity index (χ3n) is 3.20. The van der Waals surface area contributed by atoms with Crippen molar-refractivity contribution in [2.75, 3.05) is 0 Å². The molecule has 0 aliphatic heterocycles. The second-order valence-corrected chi connectivity index (χ2v) is 4.11. The molecular formula is C12H15NO2. The van der Waals surface area contributed by atoms with Crippen molar-refractivity contribution < 1.29 is 9.90 Å². The molecule has 1 heterocycles. The van der Waals surface area contributed by atoms with Crippen molar-refractivity contribution in [1.29, 1.82) is 0 Å². The number of carboxylic acid groups (broad SMARTS) is 1. The number of aromatic carboxylic acids is 1. The van der Waals surface area contributed by atoms with Crippen molar-refractivity contribution >= 4 is 5.97 Å². The summed E-state index contributed by atoms with van der Waals surface area (Å²) in [6.45, 7) is 3.93. The van der Waals surface area contributed by atoms with Gasteiger partial charge in [-0.3, -0.25) is 4.98 Å². The highest BCUT2D eigenvalue weighted by atomic mass is 16.4. The molecule has 0 aromatic carbocycles. The van der Waals surface area contributed by atoms with Gasteiger partial charge in [-0.05, 0) is 37.8 Å². The van der Waals surface area contributed by atoms with E-state index in [9.17, 15) is 4.79 Å². The number of carbonyl (C=O) groups is 1. The summed E-state index contributed by atoms with van der Waals surface area (Å²) in [4.78, 5) is 15.4. The summed E-state index contributed by atoms with van der Waals surface area (Å²) in [7, 11) is 0. The van der Waals surface area contributed by atoms with Crippen LogP contribution >= 0.6 is 0 Å². The van der Waals surface area contributed by atoms with Crippen molar-refractivity contribution in [3.8, 4) is 0 Å². The summed E-state index contributed by atoms with van der Waals surface area (Å²) in [5.41, 5.74) is 3.25. The Labute approximate surface area is 89.2 Å². The van der Waals surface area contributed by atoms with Crippen LogP contribution in [0.5, 0.6) is 0 Å². The van der Waals surface area contributed by atoms with Crippen LogP contribution in [-0.2, 0) is 6.42 Å². The summed E-state index contributed by atoms with van der Waals surface area (Å²) in [5.74, 6) is -0.343. The molecule has 1 aromatic rings. The zero-order valence-corrected chi connectivity index (χ0v) is 9.08. The quantitative estimate of drug-likeness (QED) is 0.807. The Morgan fingerprint density at radius 3 is 3.00 bits per heavy atom. The molecule has 1 N–H and O–H groups in total. The average molecular weight is 205 g/mol. The van der Waals surface area contributed by atoms with Gasteiger partial charge >= 0.3 is 5.97 Å². The molecule has 1 unspecified atom stereocenters. The Hall–Kier alpha value is -1.38. The predicted molar refractivity (Wildman–Crippen MR) is 57.3 cm³/mol. The lowest BCUT2D eigenvalue weighted by Gasteiger charge is -2.09. The molecule has 3 nitrogen and oxygen atoms in total. The highest BCUT2D eigenvalue weighted by Gasteiger charge is 2.24. The zero-order valence-electron chi connectivity index (χ0n) is 9.08. The topological polar surface area (TPSA) is 50.2 Å². The molecule has 0 fully saturated rings. The van der Waals surface area contributed by atoms with Gasteiger partial charge in [-0.2, -0.15) is 0 Å². The number of hydrogen-bond acceptors (Lipinski definition) is 2. The normalized spacial score (nSPS) is 18.9. The standard InChI is InChI=1S/C12H15NO2/c1-3-8-4-5-9-6-10(12(14)15)7(2)13-11(8)9/h6,8H,3-5H2,1-2H3,(H,14,15). The molecule has 15 heavy (non-hydrogen) atoms. The Morgan fingerprint density at radius 2 is 2.40 bits per heavy atom. The van der Waals surface area contributed by atoms with E-state index >= 15 is 0 Å². The molecule has 0 amide bonds.